The van der Waals surface area contributed by atoms with E-state index in [9.17, 15) is 42.8 Å². The van der Waals surface area contributed by atoms with Crippen molar-refractivity contribution in [2.24, 2.45) is 11.1 Å². The van der Waals surface area contributed by atoms with Crippen LogP contribution in [0.15, 0.2) is 91.1 Å². The predicted molar refractivity (Wildman–Crippen MR) is 310 cm³/mol. The van der Waals surface area contributed by atoms with Gasteiger partial charge in [0.05, 0.1) is 67.4 Å². The van der Waals surface area contributed by atoms with E-state index in [1.54, 1.807) is 24.3 Å². The van der Waals surface area contributed by atoms with E-state index in [-0.39, 0.29) is 35.8 Å². The van der Waals surface area contributed by atoms with Crippen molar-refractivity contribution in [2.75, 3.05) is 110 Å². The summed E-state index contributed by atoms with van der Waals surface area (Å²) in [5.74, 6) is -5.21. The number of nitriles is 1. The van der Waals surface area contributed by atoms with E-state index in [2.05, 4.69) is 66.3 Å². The van der Waals surface area contributed by atoms with Gasteiger partial charge in [0.1, 0.15) is 18.1 Å². The molecule has 10 N–H and O–H groups in total. The number of nitrogens with two attached hydrogens (primary N) is 1. The monoisotopic (exact) mass is 1130 g/mol. The molecule has 4 aromatic rings. The lowest BCUT2D eigenvalue weighted by molar-refractivity contribution is -0.986. The van der Waals surface area contributed by atoms with E-state index in [4.69, 9.17) is 5.73 Å². The molecule has 3 unspecified atom stereocenters. The number of alkyl halides is 2. The smallest absolute Gasteiger partial charge is 0.268 e. The SMILES string of the molecule is CCCCC(=O)NC1(CN)CNCCNCC2(C)C[N+]3(CCN(CC3)C1)C2.N#CC1CC(F)(F)CN1C(=O)CNC(=O)c1ccnc2ccc(NCCCCNC(=O)[C@@H](Cc3ccccc3)NC(=O)C(Cc3ccccc3)NC=O)cc12. The number of halogens is 2. The number of pyridine rings is 1. The van der Waals surface area contributed by atoms with E-state index < -0.39 is 61.3 Å². The molecule has 1 spiro atoms. The average molecular weight is 1130 g/mol. The molecule has 22 heteroatoms. The van der Waals surface area contributed by atoms with Crippen molar-refractivity contribution in [1.82, 2.24) is 52.0 Å². The number of benzene rings is 3. The van der Waals surface area contributed by atoms with E-state index >= 15 is 0 Å². The van der Waals surface area contributed by atoms with Gasteiger partial charge >= 0.3 is 0 Å². The lowest BCUT2D eigenvalue weighted by Crippen LogP contribution is -2.76. The Morgan fingerprint density at radius 2 is 1.54 bits per heavy atom. The number of piperazine rings is 1. The molecule has 6 saturated heterocycles. The first kappa shape index (κ1) is 62.4. The van der Waals surface area contributed by atoms with Gasteiger partial charge in [0, 0.05) is 108 Å². The zero-order valence-electron chi connectivity index (χ0n) is 47.5. The van der Waals surface area contributed by atoms with Gasteiger partial charge in [-0.2, -0.15) is 5.26 Å². The highest BCUT2D eigenvalue weighted by atomic mass is 19.3. The normalized spacial score (nSPS) is 23.6. The number of quaternary nitrogens is 1. The number of amides is 6. The number of hydrogen-bond acceptors (Lipinski definition) is 13. The fraction of sp³-hybridized carbons (Fsp3) is 0.533. The number of unbranched alkanes of at least 4 members (excludes halogenated alkanes) is 2. The van der Waals surface area contributed by atoms with Gasteiger partial charge in [-0.3, -0.25) is 38.7 Å². The van der Waals surface area contributed by atoms with Crippen LogP contribution < -0.4 is 48.3 Å². The number of anilines is 1. The zero-order chi connectivity index (χ0) is 58.6. The minimum atomic E-state index is -3.16. The minimum Gasteiger partial charge on any atom is -0.385 e. The van der Waals surface area contributed by atoms with Crippen LogP contribution in [-0.4, -0.2) is 190 Å². The standard InChI is InChI=1S/C40H42F2N8O5.C20H40N6O/c41-40(42)22-30(23-43)50(25-40)36(52)24-47-37(53)31-15-18-45-33-14-13-29(21-32(31)33)44-16-7-8-17-46-38(54)35(20-28-11-5-2-6-12-28)49-39(55)34(48-26-51)19-27-9-3-1-4-10-27;1-3-4-5-18(27)24-20(12-21)14-23-7-6-22-13-19(2)16-26(17-19)10-8-25(15-20)9-11-26/h1-6,9-15,18,21,26,30,34-35,44H,7-8,16-17,19-20,22,24-25H2,(H,46,54)(H,47,53)(H,48,51)(H,49,55);22-23H,3-17,21H2,1-2H3/p+1/t30?,34?,35-;/m1./s1. The van der Waals surface area contributed by atoms with E-state index in [1.165, 1.54) is 42.9 Å². The van der Waals surface area contributed by atoms with Gasteiger partial charge < -0.3 is 57.7 Å². The van der Waals surface area contributed by atoms with Crippen molar-refractivity contribution in [1.29, 1.82) is 5.26 Å². The highest BCUT2D eigenvalue weighted by molar-refractivity contribution is 6.07. The summed E-state index contributed by atoms with van der Waals surface area (Å²) >= 11 is 0. The molecule has 0 saturated carbocycles. The maximum atomic E-state index is 13.8. The molecular weight excluding hydrogens is 1050 g/mol. The number of carbonyl (C=O) groups excluding carboxylic acids is 6. The first-order chi connectivity index (χ1) is 39.5. The number of carbonyl (C=O) groups is 6. The maximum Gasteiger partial charge on any atom is 0.268 e. The Hall–Kier alpha value is -7.16. The number of nitrogens with zero attached hydrogens (tertiary/aromatic N) is 5. The van der Waals surface area contributed by atoms with Crippen LogP contribution in [0.4, 0.5) is 14.5 Å². The summed E-state index contributed by atoms with van der Waals surface area (Å²) in [5, 5.41) is 34.3. The number of hydrogen-bond donors (Lipinski definition) is 9. The van der Waals surface area contributed by atoms with Gasteiger partial charge in [0.2, 0.25) is 30.0 Å². The molecule has 3 aromatic carbocycles. The van der Waals surface area contributed by atoms with Crippen LogP contribution in [0.3, 0.4) is 0 Å². The molecule has 0 radical (unpaired) electrons. The second kappa shape index (κ2) is 29.7. The summed E-state index contributed by atoms with van der Waals surface area (Å²) in [4.78, 5) is 83.7. The molecule has 4 atom stereocenters. The third kappa shape index (κ3) is 17.9. The van der Waals surface area contributed by atoms with E-state index in [0.29, 0.717) is 67.3 Å². The van der Waals surface area contributed by atoms with Crippen LogP contribution in [-0.2, 0) is 36.8 Å². The Bertz CT molecular complexity index is 2810. The van der Waals surface area contributed by atoms with Crippen LogP contribution >= 0.6 is 0 Å². The van der Waals surface area contributed by atoms with Crippen molar-refractivity contribution in [2.45, 2.75) is 94.8 Å². The fourth-order valence-corrected chi connectivity index (χ4v) is 11.7. The molecule has 82 heavy (non-hydrogen) atoms. The molecule has 1 aromatic heterocycles. The van der Waals surface area contributed by atoms with Crippen molar-refractivity contribution in [3.05, 3.63) is 108 Å². The number of fused-ring (bicyclic) bond motifs is 2. The summed E-state index contributed by atoms with van der Waals surface area (Å²) < 4.78 is 28.9. The van der Waals surface area contributed by atoms with Gasteiger partial charge in [-0.05, 0) is 61.6 Å². The van der Waals surface area contributed by atoms with Gasteiger partial charge in [0.25, 0.3) is 11.8 Å². The quantitative estimate of drug-likeness (QED) is 0.0294. The largest absolute Gasteiger partial charge is 0.385 e. The lowest BCUT2D eigenvalue weighted by atomic mass is 9.78. The molecule has 0 aliphatic carbocycles. The molecule has 442 valence electrons. The molecule has 6 aliphatic rings. The Morgan fingerprint density at radius 3 is 2.20 bits per heavy atom. The van der Waals surface area contributed by atoms with Crippen LogP contribution in [0.2, 0.25) is 0 Å². The van der Waals surface area contributed by atoms with Crippen LogP contribution in [0, 0.1) is 16.7 Å². The van der Waals surface area contributed by atoms with Gasteiger partial charge in [-0.1, -0.05) is 74.0 Å². The van der Waals surface area contributed by atoms with Crippen molar-refractivity contribution in [3.63, 3.8) is 0 Å². The maximum absolute atomic E-state index is 13.8. The molecule has 10 rings (SSSR count). The van der Waals surface area contributed by atoms with Crippen molar-refractivity contribution < 1.29 is 42.0 Å². The summed E-state index contributed by atoms with van der Waals surface area (Å²) in [6.45, 7) is 16.3. The molecule has 6 aliphatic heterocycles. The number of rotatable bonds is 23. The fourth-order valence-electron chi connectivity index (χ4n) is 11.7. The third-order valence-electron chi connectivity index (χ3n) is 15.9. The second-order valence-electron chi connectivity index (χ2n) is 22.9. The topological polar surface area (TPSA) is 268 Å². The third-order valence-corrected chi connectivity index (χ3v) is 15.9. The van der Waals surface area contributed by atoms with E-state index in [1.807, 2.05) is 60.7 Å². The molecule has 6 fully saturated rings. The first-order valence-corrected chi connectivity index (χ1v) is 28.8. The van der Waals surface area contributed by atoms with Crippen LogP contribution in [0.25, 0.3) is 10.9 Å². The Kier molecular flexibility index (Phi) is 22.6. The summed E-state index contributed by atoms with van der Waals surface area (Å²) in [6.07, 6.45) is 5.55. The highest BCUT2D eigenvalue weighted by Gasteiger charge is 2.54. The van der Waals surface area contributed by atoms with Crippen molar-refractivity contribution in [3.8, 4) is 6.07 Å². The molecule has 20 nitrogen and oxygen atoms in total. The Morgan fingerprint density at radius 1 is 0.866 bits per heavy atom. The summed E-state index contributed by atoms with van der Waals surface area (Å²) in [5.41, 5.74) is 9.50. The first-order valence-electron chi connectivity index (χ1n) is 28.8. The Labute approximate surface area is 480 Å². The molecule has 6 amide bonds. The number of likely N-dealkylation sites (tertiary alicyclic amines) is 1. The van der Waals surface area contributed by atoms with Crippen molar-refractivity contribution >= 4 is 52.5 Å². The minimum absolute atomic E-state index is 0.141. The van der Waals surface area contributed by atoms with Crippen LogP contribution in [0.1, 0.15) is 73.9 Å². The Balaban J connectivity index is 0.000000298. The number of nitrogens with one attached hydrogen (secondary N) is 8. The molecule has 7 heterocycles. The second-order valence-corrected chi connectivity index (χ2v) is 22.9. The zero-order valence-corrected chi connectivity index (χ0v) is 47.5. The lowest BCUT2D eigenvalue weighted by Gasteiger charge is -2.59. The highest BCUT2D eigenvalue weighted by Crippen LogP contribution is 2.38. The average Bonchev–Trinajstić information content (AvgIpc) is 3.52. The number of aromatic nitrogens is 1. The molecular formula is C60H83F2N14O6+. The van der Waals surface area contributed by atoms with Gasteiger partial charge in [-0.25, -0.2) is 8.78 Å². The van der Waals surface area contributed by atoms with Gasteiger partial charge in [0.15, 0.2) is 0 Å². The summed E-state index contributed by atoms with van der Waals surface area (Å²) in [6, 6.07) is 24.1. The van der Waals surface area contributed by atoms with Crippen LogP contribution in [0.5, 0.6) is 0 Å². The predicted octanol–water partition coefficient (Wildman–Crippen LogP) is 2.45. The summed E-state index contributed by atoms with van der Waals surface area (Å²) in [7, 11) is 0. The van der Waals surface area contributed by atoms with E-state index in [0.717, 1.165) is 74.7 Å². The van der Waals surface area contributed by atoms with Gasteiger partial charge in [-0.15, -0.1) is 0 Å². The molecule has 3 bridgehead atoms.